The van der Waals surface area contributed by atoms with E-state index in [0.29, 0.717) is 6.54 Å². The molecule has 19 heavy (non-hydrogen) atoms. The van der Waals surface area contributed by atoms with Crippen molar-refractivity contribution in [1.82, 2.24) is 10.6 Å². The van der Waals surface area contributed by atoms with Crippen molar-refractivity contribution in [2.75, 3.05) is 12.3 Å². The van der Waals surface area contributed by atoms with Gasteiger partial charge in [-0.25, -0.2) is 9.59 Å². The van der Waals surface area contributed by atoms with Gasteiger partial charge in [0.15, 0.2) is 0 Å². The molecule has 6 heteroatoms. The number of rotatable bonds is 4. The molecule has 0 spiro atoms. The fourth-order valence-corrected chi connectivity index (χ4v) is 3.32. The second-order valence-electron chi connectivity index (χ2n) is 6.37. The predicted octanol–water partition coefficient (Wildman–Crippen LogP) is 2.07. The monoisotopic (exact) mass is 288 g/mol. The lowest BCUT2D eigenvalue weighted by Gasteiger charge is -2.29. The molecule has 1 saturated heterocycles. The Morgan fingerprint density at radius 3 is 2.47 bits per heavy atom. The third-order valence-corrected chi connectivity index (χ3v) is 4.85. The molecule has 1 aliphatic rings. The van der Waals surface area contributed by atoms with Crippen LogP contribution in [0.25, 0.3) is 0 Å². The number of hydrogen-bond acceptors (Lipinski definition) is 3. The Morgan fingerprint density at radius 1 is 1.42 bits per heavy atom. The van der Waals surface area contributed by atoms with Crippen LogP contribution in [0.2, 0.25) is 0 Å². The Kier molecular flexibility index (Phi) is 5.12. The van der Waals surface area contributed by atoms with Crippen molar-refractivity contribution in [3.63, 3.8) is 0 Å². The van der Waals surface area contributed by atoms with Crippen LogP contribution in [-0.4, -0.2) is 40.2 Å². The minimum Gasteiger partial charge on any atom is -0.480 e. The van der Waals surface area contributed by atoms with Crippen molar-refractivity contribution in [1.29, 1.82) is 0 Å². The smallest absolute Gasteiger partial charge is 0.326 e. The van der Waals surface area contributed by atoms with E-state index in [-0.39, 0.29) is 4.75 Å². The molecule has 0 saturated carbocycles. The van der Waals surface area contributed by atoms with Gasteiger partial charge in [-0.15, -0.1) is 0 Å². The van der Waals surface area contributed by atoms with Crippen molar-refractivity contribution in [2.45, 2.75) is 51.3 Å². The summed E-state index contributed by atoms with van der Waals surface area (Å²) in [6, 6.07) is -1.30. The van der Waals surface area contributed by atoms with E-state index in [2.05, 4.69) is 17.6 Å². The Labute approximate surface area is 118 Å². The summed E-state index contributed by atoms with van der Waals surface area (Å²) in [6.45, 7) is 8.07. The van der Waals surface area contributed by atoms with Crippen LogP contribution in [0.1, 0.15) is 40.5 Å². The number of hydrogen-bond donors (Lipinski definition) is 3. The van der Waals surface area contributed by atoms with E-state index in [9.17, 15) is 9.59 Å². The lowest BCUT2D eigenvalue weighted by Crippen LogP contribution is -2.53. The van der Waals surface area contributed by atoms with Crippen molar-refractivity contribution in [3.8, 4) is 0 Å². The van der Waals surface area contributed by atoms with Crippen molar-refractivity contribution in [3.05, 3.63) is 0 Å². The van der Waals surface area contributed by atoms with Gasteiger partial charge in [0.1, 0.15) is 6.04 Å². The standard InChI is InChI=1S/C13H24N2O3S/c1-12(2,3)9(10(16)17)15-11(18)14-8-13(4)6-5-7-19-13/h9H,5-8H2,1-4H3,(H,16,17)(H2,14,15,18)/t9-,13?/m1/s1. The van der Waals surface area contributed by atoms with Gasteiger partial charge in [-0.3, -0.25) is 0 Å². The molecule has 110 valence electrons. The van der Waals surface area contributed by atoms with E-state index in [1.807, 2.05) is 11.8 Å². The van der Waals surface area contributed by atoms with Crippen LogP contribution in [0.3, 0.4) is 0 Å². The largest absolute Gasteiger partial charge is 0.480 e. The van der Waals surface area contributed by atoms with E-state index < -0.39 is 23.5 Å². The number of carbonyl (C=O) groups excluding carboxylic acids is 1. The zero-order chi connectivity index (χ0) is 14.7. The van der Waals surface area contributed by atoms with Crippen molar-refractivity contribution in [2.24, 2.45) is 5.41 Å². The molecule has 1 rings (SSSR count). The average molecular weight is 288 g/mol. The number of thioether (sulfide) groups is 1. The Morgan fingerprint density at radius 2 is 2.05 bits per heavy atom. The summed E-state index contributed by atoms with van der Waals surface area (Å²) in [6.07, 6.45) is 2.25. The van der Waals surface area contributed by atoms with Gasteiger partial charge in [0, 0.05) is 11.3 Å². The van der Waals surface area contributed by atoms with Crippen molar-refractivity contribution < 1.29 is 14.7 Å². The first-order valence-corrected chi connectivity index (χ1v) is 7.54. The van der Waals surface area contributed by atoms with E-state index >= 15 is 0 Å². The highest BCUT2D eigenvalue weighted by molar-refractivity contribution is 8.00. The van der Waals surface area contributed by atoms with Gasteiger partial charge in [0.25, 0.3) is 0 Å². The van der Waals surface area contributed by atoms with E-state index in [1.54, 1.807) is 20.8 Å². The molecule has 1 fully saturated rings. The molecule has 1 heterocycles. The molecule has 1 aliphatic heterocycles. The van der Waals surface area contributed by atoms with Crippen LogP contribution < -0.4 is 10.6 Å². The average Bonchev–Trinajstić information content (AvgIpc) is 2.69. The molecule has 0 aliphatic carbocycles. The highest BCUT2D eigenvalue weighted by atomic mass is 32.2. The molecule has 0 aromatic carbocycles. The summed E-state index contributed by atoms with van der Waals surface area (Å²) in [5, 5.41) is 14.5. The van der Waals surface area contributed by atoms with Crippen molar-refractivity contribution >= 4 is 23.8 Å². The quantitative estimate of drug-likeness (QED) is 0.740. The third-order valence-electron chi connectivity index (χ3n) is 3.31. The van der Waals surface area contributed by atoms with Gasteiger partial charge in [0.2, 0.25) is 0 Å². The zero-order valence-electron chi connectivity index (χ0n) is 12.1. The number of carbonyl (C=O) groups is 2. The second-order valence-corrected chi connectivity index (χ2v) is 8.05. The Balaban J connectivity index is 2.47. The maximum Gasteiger partial charge on any atom is 0.326 e. The first-order chi connectivity index (χ1) is 8.64. The summed E-state index contributed by atoms with van der Waals surface area (Å²) in [7, 11) is 0. The molecular weight excluding hydrogens is 264 g/mol. The normalized spacial score (nSPS) is 24.8. The van der Waals surface area contributed by atoms with Crippen LogP contribution in [0.15, 0.2) is 0 Å². The van der Waals surface area contributed by atoms with E-state index in [1.165, 1.54) is 6.42 Å². The van der Waals surface area contributed by atoms with Crippen LogP contribution in [0.4, 0.5) is 4.79 Å². The Hall–Kier alpha value is -0.910. The van der Waals surface area contributed by atoms with Gasteiger partial charge in [-0.05, 0) is 30.9 Å². The molecule has 0 aromatic heterocycles. The minimum atomic E-state index is -1.01. The first kappa shape index (κ1) is 16.1. The van der Waals surface area contributed by atoms with Gasteiger partial charge in [0.05, 0.1) is 0 Å². The molecule has 2 atom stereocenters. The van der Waals surface area contributed by atoms with Gasteiger partial charge >= 0.3 is 12.0 Å². The lowest BCUT2D eigenvalue weighted by atomic mass is 9.87. The molecule has 0 aromatic rings. The second kappa shape index (κ2) is 6.03. The predicted molar refractivity (Wildman–Crippen MR) is 77.5 cm³/mol. The molecular formula is C13H24N2O3S. The number of amides is 2. The van der Waals surface area contributed by atoms with Gasteiger partial charge in [-0.1, -0.05) is 20.8 Å². The lowest BCUT2D eigenvalue weighted by molar-refractivity contribution is -0.141. The van der Waals surface area contributed by atoms with Crippen LogP contribution in [-0.2, 0) is 4.79 Å². The fourth-order valence-electron chi connectivity index (χ4n) is 2.07. The number of aliphatic carboxylic acids is 1. The van der Waals surface area contributed by atoms with E-state index in [4.69, 9.17) is 5.11 Å². The number of nitrogens with one attached hydrogen (secondary N) is 2. The number of carboxylic acid groups (broad SMARTS) is 1. The molecule has 3 N–H and O–H groups in total. The SMILES string of the molecule is CC1(CNC(=O)N[C@H](C(=O)O)C(C)(C)C)CCCS1. The number of urea groups is 1. The van der Waals surface area contributed by atoms with Crippen LogP contribution in [0.5, 0.6) is 0 Å². The summed E-state index contributed by atoms with van der Waals surface area (Å²) in [5.41, 5.74) is -0.519. The molecule has 1 unspecified atom stereocenters. The fraction of sp³-hybridized carbons (Fsp3) is 0.846. The summed E-state index contributed by atoms with van der Waals surface area (Å²) in [4.78, 5) is 23.0. The summed E-state index contributed by atoms with van der Waals surface area (Å²) in [5.74, 6) is 0.114. The van der Waals surface area contributed by atoms with Gasteiger partial charge < -0.3 is 15.7 Å². The first-order valence-electron chi connectivity index (χ1n) is 6.55. The summed E-state index contributed by atoms with van der Waals surface area (Å²) >= 11 is 1.86. The highest BCUT2D eigenvalue weighted by Crippen LogP contribution is 2.36. The molecule has 0 radical (unpaired) electrons. The highest BCUT2D eigenvalue weighted by Gasteiger charge is 2.34. The molecule has 0 bridgehead atoms. The minimum absolute atomic E-state index is 0.0811. The third kappa shape index (κ3) is 4.93. The van der Waals surface area contributed by atoms with Crippen LogP contribution in [0, 0.1) is 5.41 Å². The maximum atomic E-state index is 11.8. The topological polar surface area (TPSA) is 78.4 Å². The summed E-state index contributed by atoms with van der Waals surface area (Å²) < 4.78 is 0.0811. The van der Waals surface area contributed by atoms with E-state index in [0.717, 1.165) is 12.2 Å². The van der Waals surface area contributed by atoms with Gasteiger partial charge in [-0.2, -0.15) is 11.8 Å². The van der Waals surface area contributed by atoms with Crippen LogP contribution >= 0.6 is 11.8 Å². The number of carboxylic acids is 1. The Bertz CT molecular complexity index is 346. The molecule has 2 amide bonds. The zero-order valence-corrected chi connectivity index (χ0v) is 12.9. The molecule has 5 nitrogen and oxygen atoms in total. The maximum absolute atomic E-state index is 11.8.